The molecule has 2 aromatic rings. The Kier molecular flexibility index (Phi) is 4.78. The highest BCUT2D eigenvalue weighted by Gasteiger charge is 2.20. The van der Waals surface area contributed by atoms with Crippen molar-refractivity contribution in [1.82, 2.24) is 9.88 Å². The molecular weight excluding hydrogens is 355 g/mol. The molecular formula is C19H22Cl2N4. The molecule has 0 bridgehead atoms. The largest absolute Gasteiger partial charge is 0.378 e. The van der Waals surface area contributed by atoms with Crippen LogP contribution >= 0.6 is 23.2 Å². The summed E-state index contributed by atoms with van der Waals surface area (Å²) in [5.74, 6) is 0. The quantitative estimate of drug-likeness (QED) is 0.757. The molecule has 1 aromatic carbocycles. The molecule has 1 aromatic heterocycles. The van der Waals surface area contributed by atoms with Gasteiger partial charge in [-0.25, -0.2) is 0 Å². The molecule has 1 atom stereocenters. The van der Waals surface area contributed by atoms with Crippen molar-refractivity contribution in [3.05, 3.63) is 51.7 Å². The Morgan fingerprint density at radius 3 is 3.00 bits per heavy atom. The molecule has 0 radical (unpaired) electrons. The van der Waals surface area contributed by atoms with Gasteiger partial charge in [-0.3, -0.25) is 4.90 Å². The molecule has 0 amide bonds. The first-order chi connectivity index (χ1) is 12.1. The van der Waals surface area contributed by atoms with Gasteiger partial charge < -0.3 is 16.0 Å². The minimum Gasteiger partial charge on any atom is -0.378 e. The SMILES string of the molecule is NCCN1CCc2c([nH]c3ccc(NC4C=CC(Cl)=C(Cl)C4)cc23)C1. The van der Waals surface area contributed by atoms with E-state index in [1.54, 1.807) is 0 Å². The molecule has 0 fully saturated rings. The fourth-order valence-electron chi connectivity index (χ4n) is 3.72. The van der Waals surface area contributed by atoms with Crippen molar-refractivity contribution in [3.63, 3.8) is 0 Å². The zero-order chi connectivity index (χ0) is 17.4. The summed E-state index contributed by atoms with van der Waals surface area (Å²) in [6.07, 6.45) is 5.71. The third-order valence-electron chi connectivity index (χ3n) is 4.98. The first kappa shape index (κ1) is 17.0. The van der Waals surface area contributed by atoms with Crippen LogP contribution in [0.5, 0.6) is 0 Å². The highest BCUT2D eigenvalue weighted by Crippen LogP contribution is 2.31. The van der Waals surface area contributed by atoms with Gasteiger partial charge in [0.15, 0.2) is 0 Å². The minimum absolute atomic E-state index is 0.169. The summed E-state index contributed by atoms with van der Waals surface area (Å²) in [5, 5.41) is 6.20. The lowest BCUT2D eigenvalue weighted by Gasteiger charge is -2.26. The monoisotopic (exact) mass is 376 g/mol. The topological polar surface area (TPSA) is 57.1 Å². The second kappa shape index (κ2) is 7.04. The molecule has 4 nitrogen and oxygen atoms in total. The summed E-state index contributed by atoms with van der Waals surface area (Å²) in [6.45, 7) is 3.68. The van der Waals surface area contributed by atoms with Crippen molar-refractivity contribution in [3.8, 4) is 0 Å². The lowest BCUT2D eigenvalue weighted by molar-refractivity contribution is 0.259. The molecule has 4 rings (SSSR count). The smallest absolute Gasteiger partial charge is 0.0549 e. The summed E-state index contributed by atoms with van der Waals surface area (Å²) in [7, 11) is 0. The number of allylic oxidation sites excluding steroid dienone is 2. The van der Waals surface area contributed by atoms with E-state index in [0.29, 0.717) is 23.0 Å². The van der Waals surface area contributed by atoms with Gasteiger partial charge in [-0.05, 0) is 36.3 Å². The standard InChI is InChI=1S/C19H22Cl2N4/c20-16-3-1-13(10-17(16)21)23-12-2-4-18-15(9-12)14-5-7-25(8-6-22)11-19(14)24-18/h1-4,9,13,23-24H,5-8,10-11,22H2. The average molecular weight is 377 g/mol. The number of benzene rings is 1. The Hall–Kier alpha value is -1.46. The van der Waals surface area contributed by atoms with E-state index in [4.69, 9.17) is 28.9 Å². The zero-order valence-corrected chi connectivity index (χ0v) is 15.5. The molecule has 1 aliphatic carbocycles. The predicted molar refractivity (Wildman–Crippen MR) is 106 cm³/mol. The van der Waals surface area contributed by atoms with E-state index in [1.165, 1.54) is 22.2 Å². The molecule has 2 aliphatic rings. The molecule has 6 heteroatoms. The number of rotatable bonds is 4. The third kappa shape index (κ3) is 3.44. The summed E-state index contributed by atoms with van der Waals surface area (Å²) in [6, 6.07) is 6.68. The predicted octanol–water partition coefficient (Wildman–Crippen LogP) is 3.91. The normalized spacial score (nSPS) is 21.0. The number of aromatic nitrogens is 1. The van der Waals surface area contributed by atoms with Crippen LogP contribution in [-0.2, 0) is 13.0 Å². The van der Waals surface area contributed by atoms with Crippen LogP contribution in [0.25, 0.3) is 10.9 Å². The van der Waals surface area contributed by atoms with Crippen LogP contribution in [-0.4, -0.2) is 35.6 Å². The Balaban J connectivity index is 1.56. The van der Waals surface area contributed by atoms with Crippen LogP contribution in [0.2, 0.25) is 0 Å². The fourth-order valence-corrected chi connectivity index (χ4v) is 4.10. The van der Waals surface area contributed by atoms with Gasteiger partial charge in [0.05, 0.1) is 5.03 Å². The summed E-state index contributed by atoms with van der Waals surface area (Å²) in [4.78, 5) is 5.98. The first-order valence-electron chi connectivity index (χ1n) is 8.69. The van der Waals surface area contributed by atoms with Gasteiger partial charge in [0, 0.05) is 66.0 Å². The molecule has 0 spiro atoms. The van der Waals surface area contributed by atoms with Gasteiger partial charge in [0.25, 0.3) is 0 Å². The van der Waals surface area contributed by atoms with Crippen LogP contribution in [0.4, 0.5) is 5.69 Å². The number of halogens is 2. The van der Waals surface area contributed by atoms with Crippen molar-refractivity contribution in [2.24, 2.45) is 5.73 Å². The molecule has 132 valence electrons. The van der Waals surface area contributed by atoms with Crippen LogP contribution in [0, 0.1) is 0 Å². The third-order valence-corrected chi connectivity index (χ3v) is 5.79. The van der Waals surface area contributed by atoms with Gasteiger partial charge in [-0.15, -0.1) is 0 Å². The van der Waals surface area contributed by atoms with E-state index in [9.17, 15) is 0 Å². The number of hydrogen-bond acceptors (Lipinski definition) is 3. The number of H-pyrrole nitrogens is 1. The minimum atomic E-state index is 0.169. The van der Waals surface area contributed by atoms with Crippen LogP contribution in [0.3, 0.4) is 0 Å². The van der Waals surface area contributed by atoms with E-state index in [2.05, 4.69) is 39.5 Å². The van der Waals surface area contributed by atoms with Crippen LogP contribution < -0.4 is 11.1 Å². The molecule has 1 unspecified atom stereocenters. The lowest BCUT2D eigenvalue weighted by Crippen LogP contribution is -2.34. The Labute approximate surface area is 157 Å². The first-order valence-corrected chi connectivity index (χ1v) is 9.44. The summed E-state index contributed by atoms with van der Waals surface area (Å²) in [5.41, 5.74) is 10.8. The van der Waals surface area contributed by atoms with E-state index < -0.39 is 0 Å². The van der Waals surface area contributed by atoms with Crippen molar-refractivity contribution in [2.75, 3.05) is 25.0 Å². The second-order valence-electron chi connectivity index (χ2n) is 6.72. The van der Waals surface area contributed by atoms with Gasteiger partial charge in [-0.1, -0.05) is 29.3 Å². The summed E-state index contributed by atoms with van der Waals surface area (Å²) < 4.78 is 0. The number of nitrogens with one attached hydrogen (secondary N) is 2. The molecule has 0 saturated carbocycles. The van der Waals surface area contributed by atoms with Crippen molar-refractivity contribution >= 4 is 39.8 Å². The number of hydrogen-bond donors (Lipinski definition) is 3. The summed E-state index contributed by atoms with van der Waals surface area (Å²) >= 11 is 12.2. The molecule has 25 heavy (non-hydrogen) atoms. The van der Waals surface area contributed by atoms with E-state index in [1.807, 2.05) is 6.08 Å². The zero-order valence-electron chi connectivity index (χ0n) is 14.0. The maximum atomic E-state index is 6.18. The van der Waals surface area contributed by atoms with Crippen molar-refractivity contribution < 1.29 is 0 Å². The Bertz CT molecular complexity index is 852. The maximum Gasteiger partial charge on any atom is 0.0549 e. The number of aromatic amines is 1. The van der Waals surface area contributed by atoms with Gasteiger partial charge in [0.1, 0.15) is 0 Å². The van der Waals surface area contributed by atoms with Gasteiger partial charge in [0.2, 0.25) is 0 Å². The van der Waals surface area contributed by atoms with Gasteiger partial charge >= 0.3 is 0 Å². The highest BCUT2D eigenvalue weighted by molar-refractivity contribution is 6.40. The number of fused-ring (bicyclic) bond motifs is 3. The second-order valence-corrected chi connectivity index (χ2v) is 7.59. The van der Waals surface area contributed by atoms with Gasteiger partial charge in [-0.2, -0.15) is 0 Å². The highest BCUT2D eigenvalue weighted by atomic mass is 35.5. The van der Waals surface area contributed by atoms with E-state index >= 15 is 0 Å². The average Bonchev–Trinajstić information content (AvgIpc) is 2.96. The molecule has 1 aliphatic heterocycles. The fraction of sp³-hybridized carbons (Fsp3) is 0.368. The van der Waals surface area contributed by atoms with Crippen molar-refractivity contribution in [1.29, 1.82) is 0 Å². The lowest BCUT2D eigenvalue weighted by atomic mass is 10.0. The molecule has 4 N–H and O–H groups in total. The Morgan fingerprint density at radius 1 is 1.32 bits per heavy atom. The number of nitrogens with two attached hydrogens (primary N) is 1. The number of nitrogens with zero attached hydrogens (tertiary/aromatic N) is 1. The van der Waals surface area contributed by atoms with Crippen LogP contribution in [0.1, 0.15) is 17.7 Å². The van der Waals surface area contributed by atoms with E-state index in [-0.39, 0.29) is 6.04 Å². The molecule has 2 heterocycles. The van der Waals surface area contributed by atoms with E-state index in [0.717, 1.165) is 31.7 Å². The maximum absolute atomic E-state index is 6.18. The van der Waals surface area contributed by atoms with Crippen LogP contribution in [0.15, 0.2) is 40.4 Å². The van der Waals surface area contributed by atoms with Crippen molar-refractivity contribution in [2.45, 2.75) is 25.4 Å². The Morgan fingerprint density at radius 2 is 2.20 bits per heavy atom. The molecule has 0 saturated heterocycles. The number of anilines is 1.